The van der Waals surface area contributed by atoms with Crippen molar-refractivity contribution >= 4 is 17.7 Å². The third kappa shape index (κ3) is 4.88. The normalized spacial score (nSPS) is 14.1. The van der Waals surface area contributed by atoms with Crippen LogP contribution >= 0.6 is 11.8 Å². The Bertz CT molecular complexity index is 422. The summed E-state index contributed by atoms with van der Waals surface area (Å²) in [4.78, 5) is 11.5. The molecule has 0 aromatic heterocycles. The van der Waals surface area contributed by atoms with Crippen molar-refractivity contribution in [1.82, 2.24) is 5.32 Å². The van der Waals surface area contributed by atoms with E-state index in [-0.39, 0.29) is 5.91 Å². The maximum absolute atomic E-state index is 11.5. The van der Waals surface area contributed by atoms with Crippen LogP contribution in [-0.2, 0) is 10.5 Å². The van der Waals surface area contributed by atoms with Crippen LogP contribution in [0.1, 0.15) is 31.4 Å². The molecule has 0 bridgehead atoms. The summed E-state index contributed by atoms with van der Waals surface area (Å²) >= 11 is 1.84. The number of aryl methyl sites for hydroxylation is 1. The van der Waals surface area contributed by atoms with E-state index in [1.807, 2.05) is 25.6 Å². The van der Waals surface area contributed by atoms with E-state index in [0.29, 0.717) is 0 Å². The summed E-state index contributed by atoms with van der Waals surface area (Å²) in [5.74, 6) is 1.62. The zero-order valence-electron chi connectivity index (χ0n) is 12.0. The van der Waals surface area contributed by atoms with Crippen molar-refractivity contribution in [3.63, 3.8) is 0 Å². The van der Waals surface area contributed by atoms with Crippen molar-refractivity contribution in [3.05, 3.63) is 35.4 Å². The second-order valence-electron chi connectivity index (χ2n) is 4.96. The maximum atomic E-state index is 11.5. The molecular weight excluding hydrogens is 256 g/mol. The Labute approximate surface area is 120 Å². The Balaban J connectivity index is 2.41. The fourth-order valence-corrected chi connectivity index (χ4v) is 3.16. The topological polar surface area (TPSA) is 55.1 Å². The van der Waals surface area contributed by atoms with Gasteiger partial charge in [0.25, 0.3) is 0 Å². The third-order valence-corrected chi connectivity index (χ3v) is 4.38. The average Bonchev–Trinajstić information content (AvgIpc) is 2.37. The molecule has 0 radical (unpaired) electrons. The molecule has 0 saturated heterocycles. The quantitative estimate of drug-likeness (QED) is 0.719. The standard InChI is InChI=1S/C15H24N2OS/c1-4-17-15(3,14(16)18)9-10-19-11-13-8-6-5-7-12(13)2/h5-8,17H,4,9-11H2,1-3H3,(H2,16,18). The molecule has 1 aromatic carbocycles. The summed E-state index contributed by atoms with van der Waals surface area (Å²) in [5, 5.41) is 3.18. The number of benzene rings is 1. The van der Waals surface area contributed by atoms with Crippen LogP contribution in [0.4, 0.5) is 0 Å². The number of amides is 1. The number of carbonyl (C=O) groups excluding carboxylic acids is 1. The van der Waals surface area contributed by atoms with Crippen LogP contribution in [0.5, 0.6) is 0 Å². The Kier molecular flexibility index (Phi) is 6.38. The minimum Gasteiger partial charge on any atom is -0.368 e. The molecule has 0 saturated carbocycles. The van der Waals surface area contributed by atoms with Gasteiger partial charge in [0.1, 0.15) is 0 Å². The van der Waals surface area contributed by atoms with E-state index in [4.69, 9.17) is 5.73 Å². The molecule has 1 unspecified atom stereocenters. The van der Waals surface area contributed by atoms with Crippen LogP contribution in [0.3, 0.4) is 0 Å². The van der Waals surface area contributed by atoms with Crippen LogP contribution in [0.15, 0.2) is 24.3 Å². The van der Waals surface area contributed by atoms with E-state index >= 15 is 0 Å². The number of thioether (sulfide) groups is 1. The number of primary amides is 1. The highest BCUT2D eigenvalue weighted by Crippen LogP contribution is 2.19. The SMILES string of the molecule is CCNC(C)(CCSCc1ccccc1C)C(N)=O. The first-order valence-electron chi connectivity index (χ1n) is 6.67. The van der Waals surface area contributed by atoms with Crippen molar-refractivity contribution in [2.24, 2.45) is 5.73 Å². The maximum Gasteiger partial charge on any atom is 0.237 e. The van der Waals surface area contributed by atoms with E-state index in [9.17, 15) is 4.79 Å². The molecule has 106 valence electrons. The predicted molar refractivity (Wildman–Crippen MR) is 83.2 cm³/mol. The van der Waals surface area contributed by atoms with Gasteiger partial charge in [0.15, 0.2) is 0 Å². The highest BCUT2D eigenvalue weighted by molar-refractivity contribution is 7.98. The summed E-state index contributed by atoms with van der Waals surface area (Å²) in [6.45, 7) is 6.75. The molecular formula is C15H24N2OS. The van der Waals surface area contributed by atoms with Gasteiger partial charge in [-0.1, -0.05) is 31.2 Å². The van der Waals surface area contributed by atoms with Crippen molar-refractivity contribution < 1.29 is 4.79 Å². The predicted octanol–water partition coefficient (Wildman–Crippen LogP) is 2.47. The van der Waals surface area contributed by atoms with E-state index in [0.717, 1.165) is 24.5 Å². The van der Waals surface area contributed by atoms with Crippen LogP contribution in [0, 0.1) is 6.92 Å². The van der Waals surface area contributed by atoms with Gasteiger partial charge in [0.2, 0.25) is 5.91 Å². The minimum absolute atomic E-state index is 0.272. The molecule has 0 spiro atoms. The largest absolute Gasteiger partial charge is 0.368 e. The van der Waals surface area contributed by atoms with Crippen molar-refractivity contribution in [2.75, 3.05) is 12.3 Å². The minimum atomic E-state index is -0.590. The highest BCUT2D eigenvalue weighted by atomic mass is 32.2. The summed E-state index contributed by atoms with van der Waals surface area (Å²) in [5.41, 5.74) is 7.55. The van der Waals surface area contributed by atoms with Gasteiger partial charge in [-0.25, -0.2) is 0 Å². The smallest absolute Gasteiger partial charge is 0.237 e. The molecule has 0 aliphatic heterocycles. The lowest BCUT2D eigenvalue weighted by Gasteiger charge is -2.26. The van der Waals surface area contributed by atoms with Gasteiger partial charge in [-0.05, 0) is 43.7 Å². The molecule has 3 N–H and O–H groups in total. The zero-order chi connectivity index (χ0) is 14.3. The van der Waals surface area contributed by atoms with Crippen LogP contribution in [0.25, 0.3) is 0 Å². The number of nitrogens with two attached hydrogens (primary N) is 1. The number of hydrogen-bond donors (Lipinski definition) is 2. The van der Waals surface area contributed by atoms with Gasteiger partial charge in [-0.3, -0.25) is 4.79 Å². The van der Waals surface area contributed by atoms with E-state index in [2.05, 4.69) is 36.5 Å². The van der Waals surface area contributed by atoms with Crippen molar-refractivity contribution in [2.45, 2.75) is 38.5 Å². The van der Waals surface area contributed by atoms with Crippen molar-refractivity contribution in [1.29, 1.82) is 0 Å². The molecule has 1 aromatic rings. The lowest BCUT2D eigenvalue weighted by Crippen LogP contribution is -2.53. The molecule has 0 aliphatic carbocycles. The lowest BCUT2D eigenvalue weighted by molar-refractivity contribution is -0.123. The molecule has 19 heavy (non-hydrogen) atoms. The van der Waals surface area contributed by atoms with Gasteiger partial charge >= 0.3 is 0 Å². The Hall–Kier alpha value is -1.00. The van der Waals surface area contributed by atoms with E-state index in [1.165, 1.54) is 11.1 Å². The van der Waals surface area contributed by atoms with Crippen LogP contribution in [0.2, 0.25) is 0 Å². The van der Waals surface area contributed by atoms with Gasteiger partial charge in [-0.15, -0.1) is 0 Å². The fraction of sp³-hybridized carbons (Fsp3) is 0.533. The van der Waals surface area contributed by atoms with Crippen LogP contribution in [-0.4, -0.2) is 23.7 Å². The van der Waals surface area contributed by atoms with Gasteiger partial charge < -0.3 is 11.1 Å². The summed E-state index contributed by atoms with van der Waals surface area (Å²) in [6, 6.07) is 8.40. The number of nitrogens with one attached hydrogen (secondary N) is 1. The molecule has 1 amide bonds. The first-order chi connectivity index (χ1) is 8.99. The van der Waals surface area contributed by atoms with Crippen molar-refractivity contribution in [3.8, 4) is 0 Å². The second kappa shape index (κ2) is 7.56. The summed E-state index contributed by atoms with van der Waals surface area (Å²) < 4.78 is 0. The third-order valence-electron chi connectivity index (χ3n) is 3.38. The molecule has 1 rings (SSSR count). The Morgan fingerprint density at radius 3 is 2.68 bits per heavy atom. The second-order valence-corrected chi connectivity index (χ2v) is 6.06. The highest BCUT2D eigenvalue weighted by Gasteiger charge is 2.29. The fourth-order valence-electron chi connectivity index (χ4n) is 1.92. The first kappa shape index (κ1) is 16.1. The number of hydrogen-bond acceptors (Lipinski definition) is 3. The van der Waals surface area contributed by atoms with Gasteiger partial charge in [0.05, 0.1) is 5.54 Å². The van der Waals surface area contributed by atoms with Gasteiger partial charge in [-0.2, -0.15) is 11.8 Å². The van der Waals surface area contributed by atoms with E-state index in [1.54, 1.807) is 0 Å². The molecule has 0 aliphatic rings. The molecule has 0 heterocycles. The Morgan fingerprint density at radius 2 is 2.11 bits per heavy atom. The van der Waals surface area contributed by atoms with Crippen LogP contribution < -0.4 is 11.1 Å². The molecule has 3 nitrogen and oxygen atoms in total. The lowest BCUT2D eigenvalue weighted by atomic mass is 9.98. The summed E-state index contributed by atoms with van der Waals surface area (Å²) in [6.07, 6.45) is 0.757. The Morgan fingerprint density at radius 1 is 1.42 bits per heavy atom. The monoisotopic (exact) mass is 280 g/mol. The van der Waals surface area contributed by atoms with E-state index < -0.39 is 5.54 Å². The zero-order valence-corrected chi connectivity index (χ0v) is 12.8. The molecule has 0 fully saturated rings. The average molecular weight is 280 g/mol. The van der Waals surface area contributed by atoms with Gasteiger partial charge in [0, 0.05) is 5.75 Å². The molecule has 1 atom stereocenters. The number of likely N-dealkylation sites (N-methyl/N-ethyl adjacent to an activating group) is 1. The number of carbonyl (C=O) groups is 1. The summed E-state index contributed by atoms with van der Waals surface area (Å²) in [7, 11) is 0. The molecule has 4 heteroatoms. The first-order valence-corrected chi connectivity index (χ1v) is 7.82. The number of rotatable bonds is 8.